The van der Waals surface area contributed by atoms with Crippen LogP contribution in [0.1, 0.15) is 45.1 Å². The monoisotopic (exact) mass is 458 g/mol. The fourth-order valence-electron chi connectivity index (χ4n) is 4.50. The quantitative estimate of drug-likeness (QED) is 0.431. The van der Waals surface area contributed by atoms with Crippen LogP contribution < -0.4 is 16.0 Å². The number of hydrogen-bond acceptors (Lipinski definition) is 5. The van der Waals surface area contributed by atoms with Gasteiger partial charge in [0.2, 0.25) is 17.7 Å². The van der Waals surface area contributed by atoms with E-state index in [4.69, 9.17) is 0 Å². The van der Waals surface area contributed by atoms with Crippen molar-refractivity contribution in [3.8, 4) is 0 Å². The van der Waals surface area contributed by atoms with Crippen LogP contribution in [-0.4, -0.2) is 71.0 Å². The van der Waals surface area contributed by atoms with Crippen molar-refractivity contribution in [2.24, 2.45) is 5.92 Å². The number of carboxylic acid groups (broad SMARTS) is 1. The zero-order valence-corrected chi connectivity index (χ0v) is 19.3. The molecule has 2 fully saturated rings. The topological polar surface area (TPSA) is 128 Å². The SMILES string of the molecule is CC(C)C(NC(=O)C1CCCN1C(=O)C(Cc1ccccc1)NC(=O)C1CCCN1)C(=O)O. The van der Waals surface area contributed by atoms with Crippen LogP contribution in [-0.2, 0) is 25.6 Å². The first kappa shape index (κ1) is 24.7. The number of nitrogens with zero attached hydrogens (tertiary/aromatic N) is 1. The Bertz CT molecular complexity index is 854. The summed E-state index contributed by atoms with van der Waals surface area (Å²) in [6.07, 6.45) is 3.04. The molecule has 33 heavy (non-hydrogen) atoms. The van der Waals surface area contributed by atoms with E-state index in [-0.39, 0.29) is 23.8 Å². The lowest BCUT2D eigenvalue weighted by atomic mass is 10.0. The lowest BCUT2D eigenvalue weighted by Gasteiger charge is -2.30. The van der Waals surface area contributed by atoms with Gasteiger partial charge in [0.25, 0.3) is 0 Å². The molecule has 2 aliphatic heterocycles. The van der Waals surface area contributed by atoms with E-state index in [1.807, 2.05) is 30.3 Å². The van der Waals surface area contributed by atoms with Crippen molar-refractivity contribution < 1.29 is 24.3 Å². The Labute approximate surface area is 194 Å². The van der Waals surface area contributed by atoms with E-state index in [0.29, 0.717) is 25.8 Å². The minimum absolute atomic E-state index is 0.215. The van der Waals surface area contributed by atoms with Crippen LogP contribution in [0.5, 0.6) is 0 Å². The molecule has 1 aromatic rings. The van der Waals surface area contributed by atoms with Crippen LogP contribution in [0.25, 0.3) is 0 Å². The molecule has 0 bridgehead atoms. The van der Waals surface area contributed by atoms with E-state index in [0.717, 1.165) is 24.9 Å². The fourth-order valence-corrected chi connectivity index (χ4v) is 4.50. The van der Waals surface area contributed by atoms with E-state index in [9.17, 15) is 24.3 Å². The van der Waals surface area contributed by atoms with Crippen molar-refractivity contribution in [3.05, 3.63) is 35.9 Å². The first-order chi connectivity index (χ1) is 15.8. The first-order valence-corrected chi connectivity index (χ1v) is 11.7. The molecule has 9 heteroatoms. The highest BCUT2D eigenvalue weighted by Gasteiger charge is 2.39. The summed E-state index contributed by atoms with van der Waals surface area (Å²) in [6.45, 7) is 4.60. The minimum atomic E-state index is -1.10. The Morgan fingerprint density at radius 3 is 2.39 bits per heavy atom. The number of rotatable bonds is 9. The molecular weight excluding hydrogens is 424 g/mol. The van der Waals surface area contributed by atoms with Crippen molar-refractivity contribution in [2.45, 2.75) is 70.1 Å². The van der Waals surface area contributed by atoms with E-state index in [1.165, 1.54) is 4.90 Å². The lowest BCUT2D eigenvalue weighted by molar-refractivity contribution is -0.145. The van der Waals surface area contributed by atoms with E-state index < -0.39 is 30.0 Å². The molecule has 1 aromatic carbocycles. The van der Waals surface area contributed by atoms with Gasteiger partial charge < -0.3 is 26.0 Å². The third-order valence-corrected chi connectivity index (χ3v) is 6.34. The molecule has 0 aromatic heterocycles. The maximum Gasteiger partial charge on any atom is 0.326 e. The van der Waals surface area contributed by atoms with Crippen LogP contribution in [0.15, 0.2) is 30.3 Å². The van der Waals surface area contributed by atoms with E-state index >= 15 is 0 Å². The Morgan fingerprint density at radius 1 is 1.06 bits per heavy atom. The summed E-state index contributed by atoms with van der Waals surface area (Å²) < 4.78 is 0. The van der Waals surface area contributed by atoms with Crippen LogP contribution in [0.4, 0.5) is 0 Å². The highest BCUT2D eigenvalue weighted by molar-refractivity contribution is 5.94. The first-order valence-electron chi connectivity index (χ1n) is 11.7. The molecule has 3 amide bonds. The zero-order valence-electron chi connectivity index (χ0n) is 19.3. The van der Waals surface area contributed by atoms with E-state index in [1.54, 1.807) is 13.8 Å². The summed E-state index contributed by atoms with van der Waals surface area (Å²) in [5.74, 6) is -2.40. The third-order valence-electron chi connectivity index (χ3n) is 6.34. The van der Waals surface area contributed by atoms with Gasteiger partial charge in [-0.1, -0.05) is 44.2 Å². The van der Waals surface area contributed by atoms with Crippen molar-refractivity contribution in [3.63, 3.8) is 0 Å². The molecule has 2 saturated heterocycles. The molecular formula is C24H34N4O5. The van der Waals surface area contributed by atoms with Gasteiger partial charge in [-0.2, -0.15) is 0 Å². The summed E-state index contributed by atoms with van der Waals surface area (Å²) >= 11 is 0. The number of aliphatic carboxylic acids is 1. The second-order valence-corrected chi connectivity index (χ2v) is 9.16. The van der Waals surface area contributed by atoms with Crippen molar-refractivity contribution in [2.75, 3.05) is 13.1 Å². The maximum absolute atomic E-state index is 13.6. The van der Waals surface area contributed by atoms with Crippen LogP contribution in [0.2, 0.25) is 0 Å². The second-order valence-electron chi connectivity index (χ2n) is 9.16. The number of benzene rings is 1. The fraction of sp³-hybridized carbons (Fsp3) is 0.583. The molecule has 2 aliphatic rings. The number of likely N-dealkylation sites (tertiary alicyclic amines) is 1. The Morgan fingerprint density at radius 2 is 1.79 bits per heavy atom. The highest BCUT2D eigenvalue weighted by atomic mass is 16.4. The molecule has 0 spiro atoms. The van der Waals surface area contributed by atoms with Gasteiger partial charge in [-0.3, -0.25) is 14.4 Å². The third kappa shape index (κ3) is 6.31. The summed E-state index contributed by atoms with van der Waals surface area (Å²) in [6, 6.07) is 6.52. The molecule has 4 atom stereocenters. The molecule has 3 rings (SSSR count). The largest absolute Gasteiger partial charge is 0.480 e. The number of carbonyl (C=O) groups excluding carboxylic acids is 3. The normalized spacial score (nSPS) is 22.1. The summed E-state index contributed by atoms with van der Waals surface area (Å²) in [5.41, 5.74) is 0.904. The molecule has 4 N–H and O–H groups in total. The molecule has 9 nitrogen and oxygen atoms in total. The van der Waals surface area contributed by atoms with Gasteiger partial charge in [-0.05, 0) is 43.7 Å². The Hall–Kier alpha value is -2.94. The van der Waals surface area contributed by atoms with Gasteiger partial charge in [0.05, 0.1) is 6.04 Å². The lowest BCUT2D eigenvalue weighted by Crippen LogP contribution is -2.57. The number of nitrogens with one attached hydrogen (secondary N) is 3. The molecule has 0 aliphatic carbocycles. The second kappa shape index (κ2) is 11.3. The molecule has 0 saturated carbocycles. The van der Waals surface area contributed by atoms with E-state index in [2.05, 4.69) is 16.0 Å². The Balaban J connectivity index is 1.75. The number of hydrogen-bond donors (Lipinski definition) is 4. The van der Waals surface area contributed by atoms with Gasteiger partial charge in [0, 0.05) is 13.0 Å². The average molecular weight is 459 g/mol. The minimum Gasteiger partial charge on any atom is -0.480 e. The maximum atomic E-state index is 13.6. The van der Waals surface area contributed by atoms with Gasteiger partial charge in [-0.25, -0.2) is 4.79 Å². The zero-order chi connectivity index (χ0) is 24.0. The highest BCUT2D eigenvalue weighted by Crippen LogP contribution is 2.21. The molecule has 0 radical (unpaired) electrons. The van der Waals surface area contributed by atoms with Crippen LogP contribution >= 0.6 is 0 Å². The summed E-state index contributed by atoms with van der Waals surface area (Å²) in [4.78, 5) is 52.3. The van der Waals surface area contributed by atoms with Crippen molar-refractivity contribution in [1.82, 2.24) is 20.9 Å². The van der Waals surface area contributed by atoms with Crippen LogP contribution in [0.3, 0.4) is 0 Å². The Kier molecular flexibility index (Phi) is 8.43. The predicted octanol–water partition coefficient (Wildman–Crippen LogP) is 0.682. The van der Waals surface area contributed by atoms with Gasteiger partial charge in [-0.15, -0.1) is 0 Å². The van der Waals surface area contributed by atoms with Gasteiger partial charge in [0.1, 0.15) is 18.1 Å². The van der Waals surface area contributed by atoms with Crippen LogP contribution in [0, 0.1) is 5.92 Å². The van der Waals surface area contributed by atoms with Gasteiger partial charge in [0.15, 0.2) is 0 Å². The summed E-state index contributed by atoms with van der Waals surface area (Å²) in [5, 5.41) is 18.1. The molecule has 4 unspecified atom stereocenters. The number of carboxylic acids is 1. The number of amides is 3. The standard InChI is InChI=1S/C24H34N4O5/c1-15(2)20(24(32)33)27-22(30)19-11-7-13-28(19)23(31)18(14-16-8-4-3-5-9-16)26-21(29)17-10-6-12-25-17/h3-5,8-9,15,17-20,25H,6-7,10-14H2,1-2H3,(H,26,29)(H,27,30)(H,32,33). The molecule has 180 valence electrons. The van der Waals surface area contributed by atoms with Crippen molar-refractivity contribution in [1.29, 1.82) is 0 Å². The van der Waals surface area contributed by atoms with Crippen molar-refractivity contribution >= 4 is 23.7 Å². The number of carbonyl (C=O) groups is 4. The predicted molar refractivity (Wildman–Crippen MR) is 122 cm³/mol. The summed E-state index contributed by atoms with van der Waals surface area (Å²) in [7, 11) is 0. The molecule has 2 heterocycles. The smallest absolute Gasteiger partial charge is 0.326 e. The average Bonchev–Trinajstić information content (AvgIpc) is 3.49. The van der Waals surface area contributed by atoms with Gasteiger partial charge >= 0.3 is 5.97 Å².